The maximum Gasteiger partial charge on any atom is 0.120 e. The van der Waals surface area contributed by atoms with Crippen LogP contribution in [0.1, 0.15) is 11.3 Å². The Morgan fingerprint density at radius 2 is 2.17 bits per heavy atom. The molecular formula is C13H17N3O2. The van der Waals surface area contributed by atoms with Gasteiger partial charge in [-0.2, -0.15) is 5.10 Å². The number of benzene rings is 1. The van der Waals surface area contributed by atoms with Crippen molar-refractivity contribution in [3.05, 3.63) is 41.7 Å². The molecule has 0 unspecified atom stereocenters. The second kappa shape index (κ2) is 5.55. The third-order valence-corrected chi connectivity index (χ3v) is 2.83. The fourth-order valence-electron chi connectivity index (χ4n) is 1.73. The van der Waals surface area contributed by atoms with E-state index in [4.69, 9.17) is 4.74 Å². The number of hydrogen-bond acceptors (Lipinski definition) is 4. The quantitative estimate of drug-likeness (QED) is 0.839. The van der Waals surface area contributed by atoms with Gasteiger partial charge in [-0.15, -0.1) is 0 Å². The molecule has 0 bridgehead atoms. The van der Waals surface area contributed by atoms with Crippen LogP contribution in [0.2, 0.25) is 0 Å². The van der Waals surface area contributed by atoms with Gasteiger partial charge in [0.1, 0.15) is 11.5 Å². The molecule has 0 atom stereocenters. The lowest BCUT2D eigenvalue weighted by atomic mass is 10.2. The Morgan fingerprint density at radius 3 is 2.83 bits per heavy atom. The van der Waals surface area contributed by atoms with Gasteiger partial charge in [0.05, 0.1) is 12.8 Å². The average molecular weight is 247 g/mol. The van der Waals surface area contributed by atoms with E-state index in [0.29, 0.717) is 13.1 Å². The number of aromatic nitrogens is 2. The van der Waals surface area contributed by atoms with Gasteiger partial charge in [-0.25, -0.2) is 0 Å². The van der Waals surface area contributed by atoms with E-state index >= 15 is 0 Å². The zero-order chi connectivity index (χ0) is 13.0. The zero-order valence-corrected chi connectivity index (χ0v) is 10.6. The molecule has 18 heavy (non-hydrogen) atoms. The molecule has 0 amide bonds. The summed E-state index contributed by atoms with van der Waals surface area (Å²) in [6, 6.07) is 7.16. The Bertz CT molecular complexity index is 523. The SMILES string of the molecule is COc1ccc(O)c(CNCc2ccnn2C)c1. The van der Waals surface area contributed by atoms with Gasteiger partial charge in [0.2, 0.25) is 0 Å². The lowest BCUT2D eigenvalue weighted by Gasteiger charge is -2.09. The first-order valence-electron chi connectivity index (χ1n) is 5.74. The van der Waals surface area contributed by atoms with Gasteiger partial charge >= 0.3 is 0 Å². The zero-order valence-electron chi connectivity index (χ0n) is 10.6. The van der Waals surface area contributed by atoms with E-state index in [0.717, 1.165) is 17.0 Å². The minimum absolute atomic E-state index is 0.272. The fraction of sp³-hybridized carbons (Fsp3) is 0.308. The van der Waals surface area contributed by atoms with Gasteiger partial charge in [0, 0.05) is 31.9 Å². The number of aryl methyl sites for hydroxylation is 1. The normalized spacial score (nSPS) is 10.6. The maximum absolute atomic E-state index is 9.73. The fourth-order valence-corrected chi connectivity index (χ4v) is 1.73. The van der Waals surface area contributed by atoms with Gasteiger partial charge < -0.3 is 15.2 Å². The molecule has 0 saturated carbocycles. The molecule has 2 rings (SSSR count). The number of phenolic OH excluding ortho intramolecular Hbond substituents is 1. The summed E-state index contributed by atoms with van der Waals surface area (Å²) in [5, 5.41) is 17.1. The number of ether oxygens (including phenoxy) is 1. The van der Waals surface area contributed by atoms with Crippen molar-refractivity contribution >= 4 is 0 Å². The van der Waals surface area contributed by atoms with Crippen molar-refractivity contribution in [3.63, 3.8) is 0 Å². The molecule has 0 aliphatic rings. The number of phenols is 1. The summed E-state index contributed by atoms with van der Waals surface area (Å²) >= 11 is 0. The maximum atomic E-state index is 9.73. The smallest absolute Gasteiger partial charge is 0.120 e. The number of aromatic hydroxyl groups is 1. The Morgan fingerprint density at radius 1 is 1.33 bits per heavy atom. The number of nitrogens with one attached hydrogen (secondary N) is 1. The molecule has 0 radical (unpaired) electrons. The Balaban J connectivity index is 1.96. The van der Waals surface area contributed by atoms with E-state index in [1.807, 2.05) is 23.9 Å². The highest BCUT2D eigenvalue weighted by molar-refractivity contribution is 5.39. The van der Waals surface area contributed by atoms with Crippen molar-refractivity contribution in [1.82, 2.24) is 15.1 Å². The van der Waals surface area contributed by atoms with Crippen molar-refractivity contribution in [1.29, 1.82) is 0 Å². The predicted octanol–water partition coefficient (Wildman–Crippen LogP) is 1.42. The Labute approximate surface area is 106 Å². The summed E-state index contributed by atoms with van der Waals surface area (Å²) in [7, 11) is 3.51. The molecule has 5 heteroatoms. The molecule has 0 spiro atoms. The lowest BCUT2D eigenvalue weighted by Crippen LogP contribution is -2.15. The molecule has 1 heterocycles. The molecule has 0 saturated heterocycles. The van der Waals surface area contributed by atoms with Crippen LogP contribution >= 0.6 is 0 Å². The molecule has 0 aliphatic carbocycles. The number of methoxy groups -OCH3 is 1. The van der Waals surface area contributed by atoms with Gasteiger partial charge in [-0.05, 0) is 24.3 Å². The van der Waals surface area contributed by atoms with Crippen molar-refractivity contribution in [2.45, 2.75) is 13.1 Å². The van der Waals surface area contributed by atoms with E-state index in [9.17, 15) is 5.11 Å². The van der Waals surface area contributed by atoms with Crippen molar-refractivity contribution in [2.75, 3.05) is 7.11 Å². The summed E-state index contributed by atoms with van der Waals surface area (Å²) in [4.78, 5) is 0. The van der Waals surface area contributed by atoms with Crippen LogP contribution in [0.25, 0.3) is 0 Å². The van der Waals surface area contributed by atoms with Crippen molar-refractivity contribution in [3.8, 4) is 11.5 Å². The molecule has 2 N–H and O–H groups in total. The largest absolute Gasteiger partial charge is 0.508 e. The molecule has 1 aromatic heterocycles. The van der Waals surface area contributed by atoms with Crippen LogP contribution in [0.4, 0.5) is 0 Å². The summed E-state index contributed by atoms with van der Waals surface area (Å²) in [6.45, 7) is 1.28. The van der Waals surface area contributed by atoms with E-state index in [2.05, 4.69) is 10.4 Å². The summed E-state index contributed by atoms with van der Waals surface area (Å²) < 4.78 is 6.95. The molecule has 0 fully saturated rings. The first-order valence-corrected chi connectivity index (χ1v) is 5.74. The Hall–Kier alpha value is -2.01. The van der Waals surface area contributed by atoms with Crippen molar-refractivity contribution < 1.29 is 9.84 Å². The summed E-state index contributed by atoms with van der Waals surface area (Å²) in [5.74, 6) is 1.01. The first-order chi connectivity index (χ1) is 8.70. The van der Waals surface area contributed by atoms with E-state index in [1.165, 1.54) is 0 Å². The minimum atomic E-state index is 0.272. The number of rotatable bonds is 5. The highest BCUT2D eigenvalue weighted by Gasteiger charge is 2.04. The second-order valence-corrected chi connectivity index (χ2v) is 4.04. The monoisotopic (exact) mass is 247 g/mol. The standard InChI is InChI=1S/C13H17N3O2/c1-16-11(5-6-15-16)9-14-8-10-7-12(18-2)3-4-13(10)17/h3-7,14,17H,8-9H2,1-2H3. The summed E-state index contributed by atoms with van der Waals surface area (Å²) in [5.41, 5.74) is 1.91. The number of nitrogens with zero attached hydrogens (tertiary/aromatic N) is 2. The van der Waals surface area contributed by atoms with Crippen LogP contribution in [0.3, 0.4) is 0 Å². The topological polar surface area (TPSA) is 59.3 Å². The Kier molecular flexibility index (Phi) is 3.84. The van der Waals surface area contributed by atoms with Crippen LogP contribution in [0.5, 0.6) is 11.5 Å². The van der Waals surface area contributed by atoms with Crippen LogP contribution in [0, 0.1) is 0 Å². The molecule has 5 nitrogen and oxygen atoms in total. The van der Waals surface area contributed by atoms with Crippen LogP contribution in [-0.4, -0.2) is 22.0 Å². The molecular weight excluding hydrogens is 230 g/mol. The minimum Gasteiger partial charge on any atom is -0.508 e. The lowest BCUT2D eigenvalue weighted by molar-refractivity contribution is 0.410. The molecule has 0 aliphatic heterocycles. The highest BCUT2D eigenvalue weighted by atomic mass is 16.5. The summed E-state index contributed by atoms with van der Waals surface area (Å²) in [6.07, 6.45) is 1.76. The van der Waals surface area contributed by atoms with E-state index in [1.54, 1.807) is 25.4 Å². The predicted molar refractivity (Wildman–Crippen MR) is 68.4 cm³/mol. The molecule has 1 aromatic carbocycles. The van der Waals surface area contributed by atoms with Crippen LogP contribution in [-0.2, 0) is 20.1 Å². The number of hydrogen-bond donors (Lipinski definition) is 2. The van der Waals surface area contributed by atoms with Crippen molar-refractivity contribution in [2.24, 2.45) is 7.05 Å². The van der Waals surface area contributed by atoms with Crippen LogP contribution < -0.4 is 10.1 Å². The van der Waals surface area contributed by atoms with Gasteiger partial charge in [-0.1, -0.05) is 0 Å². The van der Waals surface area contributed by atoms with Gasteiger partial charge in [0.25, 0.3) is 0 Å². The molecule has 96 valence electrons. The van der Waals surface area contributed by atoms with E-state index < -0.39 is 0 Å². The van der Waals surface area contributed by atoms with E-state index in [-0.39, 0.29) is 5.75 Å². The van der Waals surface area contributed by atoms with Gasteiger partial charge in [-0.3, -0.25) is 4.68 Å². The highest BCUT2D eigenvalue weighted by Crippen LogP contribution is 2.22. The van der Waals surface area contributed by atoms with Gasteiger partial charge in [0.15, 0.2) is 0 Å². The third-order valence-electron chi connectivity index (χ3n) is 2.83. The first kappa shape index (κ1) is 12.4. The average Bonchev–Trinajstić information content (AvgIpc) is 2.77. The second-order valence-electron chi connectivity index (χ2n) is 4.04. The third kappa shape index (κ3) is 2.81. The van der Waals surface area contributed by atoms with Crippen LogP contribution in [0.15, 0.2) is 30.5 Å². The molecule has 2 aromatic rings.